The average molecular weight is 313 g/mol. The maximum absolute atomic E-state index is 14.1. The van der Waals surface area contributed by atoms with Crippen molar-refractivity contribution in [2.75, 3.05) is 25.5 Å². The number of rotatable bonds is 3. The number of hydrogen-bond donors (Lipinski definition) is 0. The lowest BCUT2D eigenvalue weighted by molar-refractivity contribution is 0.0732. The maximum atomic E-state index is 14.1. The van der Waals surface area contributed by atoms with E-state index in [1.165, 1.54) is 6.07 Å². The molecule has 4 nitrogen and oxygen atoms in total. The van der Waals surface area contributed by atoms with Crippen LogP contribution in [0.25, 0.3) is 0 Å². The fraction of sp³-hybridized carbons (Fsp3) is 0.333. The third-order valence-electron chi connectivity index (χ3n) is 4.22. The maximum Gasteiger partial charge on any atom is 0.254 e. The van der Waals surface area contributed by atoms with Crippen LogP contribution in [0.2, 0.25) is 0 Å². The average Bonchev–Trinajstić information content (AvgIpc) is 3.04. The zero-order chi connectivity index (χ0) is 16.4. The second-order valence-electron chi connectivity index (χ2n) is 5.97. The Morgan fingerprint density at radius 3 is 2.78 bits per heavy atom. The van der Waals surface area contributed by atoms with E-state index in [-0.39, 0.29) is 17.8 Å². The largest absolute Gasteiger partial charge is 0.375 e. The predicted molar refractivity (Wildman–Crippen MR) is 88.0 cm³/mol. The summed E-state index contributed by atoms with van der Waals surface area (Å²) in [6.45, 7) is 0.678. The number of hydrogen-bond acceptors (Lipinski definition) is 3. The first-order valence-electron chi connectivity index (χ1n) is 7.76. The van der Waals surface area contributed by atoms with E-state index in [1.54, 1.807) is 42.2 Å². The zero-order valence-electron chi connectivity index (χ0n) is 13.4. The Balaban J connectivity index is 1.86. The molecule has 0 spiro atoms. The second-order valence-corrected chi connectivity index (χ2v) is 5.97. The highest BCUT2D eigenvalue weighted by molar-refractivity contribution is 5.95. The van der Waals surface area contributed by atoms with Crippen molar-refractivity contribution in [3.63, 3.8) is 0 Å². The first-order valence-corrected chi connectivity index (χ1v) is 7.76. The first kappa shape index (κ1) is 15.5. The standard InChI is InChI=1S/C18H20FN3O/c1-21(2)16-9-8-13(12-14(16)19)18(23)22-11-5-7-17(22)15-6-3-4-10-20-15/h3-4,6,8-10,12,17H,5,7,11H2,1-2H3/t17-/m1/s1. The molecular formula is C18H20FN3O. The minimum absolute atomic E-state index is 0.0275. The van der Waals surface area contributed by atoms with E-state index < -0.39 is 0 Å². The van der Waals surface area contributed by atoms with Crippen LogP contribution in [0.15, 0.2) is 42.6 Å². The molecule has 1 saturated heterocycles. The molecule has 2 heterocycles. The summed E-state index contributed by atoms with van der Waals surface area (Å²) >= 11 is 0. The van der Waals surface area contributed by atoms with Gasteiger partial charge in [-0.3, -0.25) is 9.78 Å². The first-order chi connectivity index (χ1) is 11.1. The van der Waals surface area contributed by atoms with E-state index in [2.05, 4.69) is 4.98 Å². The second kappa shape index (κ2) is 6.36. The number of halogens is 1. The van der Waals surface area contributed by atoms with Crippen LogP contribution in [0, 0.1) is 5.82 Å². The number of carbonyl (C=O) groups is 1. The topological polar surface area (TPSA) is 36.4 Å². The lowest BCUT2D eigenvalue weighted by Gasteiger charge is -2.24. The smallest absolute Gasteiger partial charge is 0.254 e. The van der Waals surface area contributed by atoms with Gasteiger partial charge in [-0.25, -0.2) is 4.39 Å². The van der Waals surface area contributed by atoms with Gasteiger partial charge in [0.1, 0.15) is 5.82 Å². The third-order valence-corrected chi connectivity index (χ3v) is 4.22. The Bertz CT molecular complexity index is 703. The molecule has 1 aromatic heterocycles. The Hall–Kier alpha value is -2.43. The fourth-order valence-corrected chi connectivity index (χ4v) is 3.06. The third kappa shape index (κ3) is 3.04. The Morgan fingerprint density at radius 2 is 2.13 bits per heavy atom. The highest BCUT2D eigenvalue weighted by atomic mass is 19.1. The molecule has 1 fully saturated rings. The number of pyridine rings is 1. The SMILES string of the molecule is CN(C)c1ccc(C(=O)N2CCC[C@@H]2c2ccccn2)cc1F. The van der Waals surface area contributed by atoms with Gasteiger partial charge in [0.05, 0.1) is 17.4 Å². The van der Waals surface area contributed by atoms with Crippen molar-refractivity contribution in [3.05, 3.63) is 59.7 Å². The number of aromatic nitrogens is 1. The van der Waals surface area contributed by atoms with Gasteiger partial charge in [0, 0.05) is 32.4 Å². The number of likely N-dealkylation sites (tertiary alicyclic amines) is 1. The molecule has 0 radical (unpaired) electrons. The quantitative estimate of drug-likeness (QED) is 0.872. The van der Waals surface area contributed by atoms with Crippen LogP contribution in [-0.2, 0) is 0 Å². The predicted octanol–water partition coefficient (Wildman–Crippen LogP) is 3.26. The molecule has 1 amide bonds. The van der Waals surface area contributed by atoms with Crippen molar-refractivity contribution in [3.8, 4) is 0 Å². The summed E-state index contributed by atoms with van der Waals surface area (Å²) in [5.74, 6) is -0.517. The van der Waals surface area contributed by atoms with Crippen molar-refractivity contribution in [2.24, 2.45) is 0 Å². The molecule has 0 N–H and O–H groups in total. The van der Waals surface area contributed by atoms with Crippen molar-refractivity contribution >= 4 is 11.6 Å². The summed E-state index contributed by atoms with van der Waals surface area (Å²) in [6, 6.07) is 10.4. The highest BCUT2D eigenvalue weighted by Crippen LogP contribution is 2.32. The number of nitrogens with zero attached hydrogens (tertiary/aromatic N) is 3. The van der Waals surface area contributed by atoms with Crippen LogP contribution in [0.1, 0.15) is 34.9 Å². The Kier molecular flexibility index (Phi) is 4.28. The molecule has 0 unspecified atom stereocenters. The molecule has 0 aliphatic carbocycles. The van der Waals surface area contributed by atoms with Crippen LogP contribution in [0.3, 0.4) is 0 Å². The van der Waals surface area contributed by atoms with Gasteiger partial charge in [-0.15, -0.1) is 0 Å². The van der Waals surface area contributed by atoms with Gasteiger partial charge in [-0.2, -0.15) is 0 Å². The van der Waals surface area contributed by atoms with Gasteiger partial charge in [0.25, 0.3) is 5.91 Å². The van der Waals surface area contributed by atoms with E-state index in [0.29, 0.717) is 17.8 Å². The molecule has 1 atom stereocenters. The number of benzene rings is 1. The monoisotopic (exact) mass is 313 g/mol. The Labute approximate surface area is 135 Å². The van der Waals surface area contributed by atoms with Crippen LogP contribution in [-0.4, -0.2) is 36.4 Å². The molecular weight excluding hydrogens is 293 g/mol. The van der Waals surface area contributed by atoms with Crippen LogP contribution in [0.4, 0.5) is 10.1 Å². The van der Waals surface area contributed by atoms with Gasteiger partial charge < -0.3 is 9.80 Å². The molecule has 1 aromatic carbocycles. The highest BCUT2D eigenvalue weighted by Gasteiger charge is 2.31. The normalized spacial score (nSPS) is 17.3. The summed E-state index contributed by atoms with van der Waals surface area (Å²) in [5, 5.41) is 0. The zero-order valence-corrected chi connectivity index (χ0v) is 13.4. The lowest BCUT2D eigenvalue weighted by atomic mass is 10.1. The van der Waals surface area contributed by atoms with Crippen LogP contribution < -0.4 is 4.90 Å². The van der Waals surface area contributed by atoms with Crippen molar-refractivity contribution < 1.29 is 9.18 Å². The Morgan fingerprint density at radius 1 is 1.30 bits per heavy atom. The number of anilines is 1. The van der Waals surface area contributed by atoms with Gasteiger partial charge >= 0.3 is 0 Å². The van der Waals surface area contributed by atoms with Gasteiger partial charge in [0.15, 0.2) is 0 Å². The van der Waals surface area contributed by atoms with E-state index in [1.807, 2.05) is 18.2 Å². The molecule has 120 valence electrons. The minimum atomic E-state index is -0.380. The summed E-state index contributed by atoms with van der Waals surface area (Å²) in [5.41, 5.74) is 1.75. The van der Waals surface area contributed by atoms with Gasteiger partial charge in [-0.1, -0.05) is 6.07 Å². The molecule has 1 aliphatic rings. The van der Waals surface area contributed by atoms with Gasteiger partial charge in [-0.05, 0) is 43.2 Å². The van der Waals surface area contributed by atoms with Crippen molar-refractivity contribution in [1.29, 1.82) is 0 Å². The molecule has 5 heteroatoms. The molecule has 3 rings (SSSR count). The molecule has 1 aliphatic heterocycles. The summed E-state index contributed by atoms with van der Waals surface area (Å²) in [7, 11) is 3.55. The van der Waals surface area contributed by atoms with E-state index in [4.69, 9.17) is 0 Å². The van der Waals surface area contributed by atoms with E-state index in [0.717, 1.165) is 18.5 Å². The van der Waals surface area contributed by atoms with Crippen molar-refractivity contribution in [2.45, 2.75) is 18.9 Å². The molecule has 2 aromatic rings. The van der Waals surface area contributed by atoms with Crippen LogP contribution in [0.5, 0.6) is 0 Å². The van der Waals surface area contributed by atoms with Crippen molar-refractivity contribution in [1.82, 2.24) is 9.88 Å². The van der Waals surface area contributed by atoms with Gasteiger partial charge in [0.2, 0.25) is 0 Å². The van der Waals surface area contributed by atoms with E-state index in [9.17, 15) is 9.18 Å². The number of carbonyl (C=O) groups excluding carboxylic acids is 1. The molecule has 23 heavy (non-hydrogen) atoms. The van der Waals surface area contributed by atoms with E-state index >= 15 is 0 Å². The molecule has 0 bridgehead atoms. The van der Waals surface area contributed by atoms with Crippen LogP contribution >= 0.6 is 0 Å². The molecule has 0 saturated carbocycles. The minimum Gasteiger partial charge on any atom is -0.375 e. The summed E-state index contributed by atoms with van der Waals surface area (Å²) in [4.78, 5) is 20.6. The fourth-order valence-electron chi connectivity index (χ4n) is 3.06. The summed E-state index contributed by atoms with van der Waals surface area (Å²) < 4.78 is 14.1. The lowest BCUT2D eigenvalue weighted by Crippen LogP contribution is -2.31. The summed E-state index contributed by atoms with van der Waals surface area (Å²) in [6.07, 6.45) is 3.56. The number of amides is 1.